The largest absolute Gasteiger partial charge is 0.368 e. The number of amides is 3. The number of primary amides is 1. The van der Waals surface area contributed by atoms with E-state index in [9.17, 15) is 9.59 Å². The molecule has 1 aromatic heterocycles. The molecule has 0 aliphatic carbocycles. The number of hydrogen-bond acceptors (Lipinski definition) is 4. The number of nitrogens with one attached hydrogen (secondary N) is 1. The summed E-state index contributed by atoms with van der Waals surface area (Å²) in [7, 11) is 0. The minimum atomic E-state index is -0.491. The van der Waals surface area contributed by atoms with E-state index in [2.05, 4.69) is 17.2 Å². The van der Waals surface area contributed by atoms with Crippen molar-refractivity contribution in [3.05, 3.63) is 11.1 Å². The Kier molecular flexibility index (Phi) is 4.36. The molecule has 0 aromatic carbocycles. The van der Waals surface area contributed by atoms with Gasteiger partial charge in [-0.1, -0.05) is 13.3 Å². The molecule has 1 atom stereocenters. The molecular weight excluding hydrogens is 264 g/mol. The first-order valence-electron chi connectivity index (χ1n) is 6.43. The van der Waals surface area contributed by atoms with Gasteiger partial charge in [-0.05, 0) is 19.3 Å². The molecule has 1 aliphatic heterocycles. The van der Waals surface area contributed by atoms with Crippen LogP contribution < -0.4 is 11.1 Å². The number of nitrogens with zero attached hydrogens (tertiary/aromatic N) is 2. The van der Waals surface area contributed by atoms with Gasteiger partial charge in [0.25, 0.3) is 0 Å². The summed E-state index contributed by atoms with van der Waals surface area (Å²) in [6.45, 7) is 2.66. The van der Waals surface area contributed by atoms with Crippen molar-refractivity contribution in [3.8, 4) is 0 Å². The van der Waals surface area contributed by atoms with E-state index in [0.717, 1.165) is 24.1 Å². The Labute approximate surface area is 116 Å². The molecule has 1 aliphatic rings. The average Bonchev–Trinajstić information content (AvgIpc) is 2.98. The summed E-state index contributed by atoms with van der Waals surface area (Å²) in [5, 5.41) is 3.31. The number of rotatable bonds is 4. The number of thiazole rings is 1. The van der Waals surface area contributed by atoms with Gasteiger partial charge in [0.05, 0.1) is 0 Å². The Morgan fingerprint density at radius 2 is 2.42 bits per heavy atom. The average molecular weight is 282 g/mol. The van der Waals surface area contributed by atoms with Gasteiger partial charge in [-0.25, -0.2) is 9.78 Å². The third-order valence-corrected chi connectivity index (χ3v) is 4.08. The molecule has 6 nitrogen and oxygen atoms in total. The van der Waals surface area contributed by atoms with Crippen molar-refractivity contribution >= 4 is 28.4 Å². The van der Waals surface area contributed by atoms with Crippen molar-refractivity contribution in [2.75, 3.05) is 11.9 Å². The van der Waals surface area contributed by atoms with Gasteiger partial charge >= 0.3 is 6.03 Å². The topological polar surface area (TPSA) is 88.3 Å². The molecule has 3 amide bonds. The Morgan fingerprint density at radius 1 is 1.63 bits per heavy atom. The van der Waals surface area contributed by atoms with Crippen molar-refractivity contribution in [3.63, 3.8) is 0 Å². The number of nitrogens with two attached hydrogens (primary N) is 1. The maximum Gasteiger partial charge on any atom is 0.324 e. The van der Waals surface area contributed by atoms with E-state index >= 15 is 0 Å². The van der Waals surface area contributed by atoms with E-state index in [1.54, 1.807) is 6.20 Å². The highest BCUT2D eigenvalue weighted by molar-refractivity contribution is 7.15. The first-order valence-corrected chi connectivity index (χ1v) is 7.25. The van der Waals surface area contributed by atoms with Gasteiger partial charge in [0.2, 0.25) is 5.91 Å². The van der Waals surface area contributed by atoms with Crippen LogP contribution in [0.4, 0.5) is 9.93 Å². The number of likely N-dealkylation sites (tertiary alicyclic amines) is 1. The van der Waals surface area contributed by atoms with Crippen LogP contribution in [0.5, 0.6) is 0 Å². The molecule has 104 valence electrons. The Hall–Kier alpha value is -1.63. The molecule has 19 heavy (non-hydrogen) atoms. The molecule has 2 heterocycles. The first kappa shape index (κ1) is 13.8. The fourth-order valence-corrected chi connectivity index (χ4v) is 3.10. The first-order chi connectivity index (χ1) is 9.11. The van der Waals surface area contributed by atoms with E-state index in [1.807, 2.05) is 0 Å². The quantitative estimate of drug-likeness (QED) is 0.878. The van der Waals surface area contributed by atoms with E-state index in [1.165, 1.54) is 16.2 Å². The van der Waals surface area contributed by atoms with Crippen LogP contribution in [0.2, 0.25) is 0 Å². The zero-order chi connectivity index (χ0) is 13.8. The van der Waals surface area contributed by atoms with E-state index in [4.69, 9.17) is 5.73 Å². The van der Waals surface area contributed by atoms with Crippen molar-refractivity contribution in [2.45, 2.75) is 38.6 Å². The molecule has 0 radical (unpaired) electrons. The van der Waals surface area contributed by atoms with E-state index in [-0.39, 0.29) is 6.03 Å². The second kappa shape index (κ2) is 6.01. The molecule has 0 spiro atoms. The van der Waals surface area contributed by atoms with Crippen molar-refractivity contribution in [2.24, 2.45) is 5.73 Å². The van der Waals surface area contributed by atoms with Crippen LogP contribution in [-0.4, -0.2) is 34.4 Å². The van der Waals surface area contributed by atoms with Gasteiger partial charge in [-0.3, -0.25) is 10.1 Å². The molecule has 0 unspecified atom stereocenters. The highest BCUT2D eigenvalue weighted by atomic mass is 32.1. The van der Waals surface area contributed by atoms with Crippen molar-refractivity contribution in [1.29, 1.82) is 0 Å². The zero-order valence-corrected chi connectivity index (χ0v) is 11.7. The summed E-state index contributed by atoms with van der Waals surface area (Å²) in [5.41, 5.74) is 5.29. The van der Waals surface area contributed by atoms with Crippen LogP contribution in [-0.2, 0) is 11.2 Å². The van der Waals surface area contributed by atoms with Gasteiger partial charge in [-0.2, -0.15) is 0 Å². The van der Waals surface area contributed by atoms with Crippen LogP contribution in [0.25, 0.3) is 0 Å². The van der Waals surface area contributed by atoms with Gasteiger partial charge < -0.3 is 10.6 Å². The minimum Gasteiger partial charge on any atom is -0.368 e. The molecule has 0 bridgehead atoms. The number of carbonyl (C=O) groups is 2. The number of carbonyl (C=O) groups excluding carboxylic acids is 2. The lowest BCUT2D eigenvalue weighted by molar-refractivity contribution is -0.121. The molecule has 0 saturated carbocycles. The SMILES string of the molecule is CCCc1cnc(NC(=O)N2CCC[C@H]2C(N)=O)s1. The molecule has 7 heteroatoms. The number of urea groups is 1. The number of aryl methyl sites for hydroxylation is 1. The van der Waals surface area contributed by atoms with Crippen molar-refractivity contribution in [1.82, 2.24) is 9.88 Å². The Bertz CT molecular complexity index is 474. The summed E-state index contributed by atoms with van der Waals surface area (Å²) >= 11 is 1.47. The van der Waals surface area contributed by atoms with Crippen LogP contribution in [0.1, 0.15) is 31.1 Å². The normalized spacial score (nSPS) is 18.6. The number of hydrogen-bond donors (Lipinski definition) is 2. The fraction of sp³-hybridized carbons (Fsp3) is 0.583. The molecule has 1 aromatic rings. The maximum absolute atomic E-state index is 12.1. The van der Waals surface area contributed by atoms with Crippen LogP contribution >= 0.6 is 11.3 Å². The summed E-state index contributed by atoms with van der Waals surface area (Å²) < 4.78 is 0. The maximum atomic E-state index is 12.1. The molecule has 1 saturated heterocycles. The van der Waals surface area contributed by atoms with Crippen LogP contribution in [0.3, 0.4) is 0 Å². The smallest absolute Gasteiger partial charge is 0.324 e. The monoisotopic (exact) mass is 282 g/mol. The zero-order valence-electron chi connectivity index (χ0n) is 10.9. The lowest BCUT2D eigenvalue weighted by Crippen LogP contribution is -2.45. The lowest BCUT2D eigenvalue weighted by Gasteiger charge is -2.21. The standard InChI is InChI=1S/C12H18N4O2S/c1-2-4-8-7-14-11(19-8)15-12(18)16-6-3-5-9(16)10(13)17/h7,9H,2-6H2,1H3,(H2,13,17)(H,14,15,18)/t9-/m0/s1. The third-order valence-electron chi connectivity index (χ3n) is 3.11. The Balaban J connectivity index is 1.98. The Morgan fingerprint density at radius 3 is 3.11 bits per heavy atom. The fourth-order valence-electron chi connectivity index (χ4n) is 2.20. The second-order valence-electron chi connectivity index (χ2n) is 4.57. The highest BCUT2D eigenvalue weighted by Gasteiger charge is 2.32. The van der Waals surface area contributed by atoms with Gasteiger partial charge in [0.15, 0.2) is 5.13 Å². The van der Waals surface area contributed by atoms with Gasteiger partial charge in [-0.15, -0.1) is 11.3 Å². The van der Waals surface area contributed by atoms with Crippen molar-refractivity contribution < 1.29 is 9.59 Å². The second-order valence-corrected chi connectivity index (χ2v) is 5.68. The number of aromatic nitrogens is 1. The molecule has 3 N–H and O–H groups in total. The number of anilines is 1. The van der Waals surface area contributed by atoms with Gasteiger partial charge in [0.1, 0.15) is 6.04 Å². The summed E-state index contributed by atoms with van der Waals surface area (Å²) in [4.78, 5) is 30.1. The summed E-state index contributed by atoms with van der Waals surface area (Å²) in [6.07, 6.45) is 5.23. The minimum absolute atomic E-state index is 0.293. The van der Waals surface area contributed by atoms with Gasteiger partial charge in [0, 0.05) is 17.6 Å². The summed E-state index contributed by atoms with van der Waals surface area (Å²) in [6, 6.07) is -0.784. The predicted octanol–water partition coefficient (Wildman–Crippen LogP) is 1.58. The summed E-state index contributed by atoms with van der Waals surface area (Å²) in [5.74, 6) is -0.446. The third kappa shape index (κ3) is 3.23. The molecule has 1 fully saturated rings. The molecular formula is C12H18N4O2S. The molecule has 2 rings (SSSR count). The lowest BCUT2D eigenvalue weighted by atomic mass is 10.2. The van der Waals surface area contributed by atoms with E-state index in [0.29, 0.717) is 18.1 Å². The van der Waals surface area contributed by atoms with Crippen LogP contribution in [0, 0.1) is 0 Å². The highest BCUT2D eigenvalue weighted by Crippen LogP contribution is 2.22. The predicted molar refractivity (Wildman–Crippen MR) is 74.1 cm³/mol. The van der Waals surface area contributed by atoms with E-state index < -0.39 is 11.9 Å². The van der Waals surface area contributed by atoms with Crippen LogP contribution in [0.15, 0.2) is 6.20 Å².